The van der Waals surface area contributed by atoms with E-state index in [4.69, 9.17) is 0 Å². The molecule has 0 bridgehead atoms. The van der Waals surface area contributed by atoms with Gasteiger partial charge in [-0.2, -0.15) is 0 Å². The minimum Gasteiger partial charge on any atom is -0.289 e. The maximum Gasteiger partial charge on any atom is 0.193 e. The second kappa shape index (κ2) is 6.63. The number of ketones is 1. The highest BCUT2D eigenvalue weighted by atomic mass is 16.1. The molecule has 2 aliphatic rings. The Kier molecular flexibility index (Phi) is 3.69. The molecule has 154 valence electrons. The maximum absolute atomic E-state index is 13.6. The summed E-state index contributed by atoms with van der Waals surface area (Å²) in [6.45, 7) is 0. The van der Waals surface area contributed by atoms with Crippen LogP contribution in [0.2, 0.25) is 0 Å². The van der Waals surface area contributed by atoms with E-state index in [9.17, 15) is 4.79 Å². The van der Waals surface area contributed by atoms with E-state index >= 15 is 0 Å². The summed E-state index contributed by atoms with van der Waals surface area (Å²) in [4.78, 5) is 13.6. The molecule has 0 unspecified atom stereocenters. The zero-order chi connectivity index (χ0) is 22.0. The van der Waals surface area contributed by atoms with Crippen LogP contribution in [0.25, 0.3) is 22.3 Å². The SMILES string of the molecule is O=C1c2ccccc2C2(c3ccccc31)c1ccccc1-c1cccc(-c3ccccc3)c12. The molecular formula is C32H20O. The Morgan fingerprint density at radius 2 is 0.848 bits per heavy atom. The van der Waals surface area contributed by atoms with Gasteiger partial charge in [-0.15, -0.1) is 0 Å². The second-order valence-electron chi connectivity index (χ2n) is 8.81. The van der Waals surface area contributed by atoms with Crippen molar-refractivity contribution >= 4 is 5.78 Å². The number of rotatable bonds is 1. The minimum absolute atomic E-state index is 0.106. The second-order valence-corrected chi connectivity index (χ2v) is 8.81. The molecule has 1 spiro atoms. The molecule has 0 N–H and O–H groups in total. The number of carbonyl (C=O) groups is 1. The average Bonchev–Trinajstić information content (AvgIpc) is 3.19. The molecule has 2 aliphatic carbocycles. The summed E-state index contributed by atoms with van der Waals surface area (Å²) >= 11 is 0. The highest BCUT2D eigenvalue weighted by Gasteiger charge is 2.52. The molecule has 0 aliphatic heterocycles. The lowest BCUT2D eigenvalue weighted by molar-refractivity contribution is 0.103. The molecule has 0 radical (unpaired) electrons. The fraction of sp³-hybridized carbons (Fsp3) is 0.0312. The zero-order valence-corrected chi connectivity index (χ0v) is 18.0. The summed E-state index contributed by atoms with van der Waals surface area (Å²) in [6, 6.07) is 42.3. The zero-order valence-electron chi connectivity index (χ0n) is 18.0. The number of hydrogen-bond donors (Lipinski definition) is 0. The highest BCUT2D eigenvalue weighted by molar-refractivity contribution is 6.15. The number of carbonyl (C=O) groups excluding carboxylic acids is 1. The van der Waals surface area contributed by atoms with E-state index in [0.29, 0.717) is 0 Å². The Balaban J connectivity index is 1.73. The van der Waals surface area contributed by atoms with Gasteiger partial charge >= 0.3 is 0 Å². The summed E-state index contributed by atoms with van der Waals surface area (Å²) in [6.07, 6.45) is 0. The molecule has 0 amide bonds. The molecule has 1 nitrogen and oxygen atoms in total. The van der Waals surface area contributed by atoms with Crippen molar-refractivity contribution in [3.05, 3.63) is 155 Å². The number of fused-ring (bicyclic) bond motifs is 9. The predicted molar refractivity (Wildman–Crippen MR) is 133 cm³/mol. The Morgan fingerprint density at radius 1 is 0.394 bits per heavy atom. The molecule has 5 aromatic rings. The van der Waals surface area contributed by atoms with E-state index in [0.717, 1.165) is 22.3 Å². The summed E-state index contributed by atoms with van der Waals surface area (Å²) in [5, 5.41) is 0. The van der Waals surface area contributed by atoms with Crippen molar-refractivity contribution in [3.8, 4) is 22.3 Å². The third kappa shape index (κ3) is 2.24. The molecular weight excluding hydrogens is 400 g/mol. The topological polar surface area (TPSA) is 17.1 Å². The van der Waals surface area contributed by atoms with Gasteiger partial charge in [-0.3, -0.25) is 4.79 Å². The molecule has 0 saturated carbocycles. The van der Waals surface area contributed by atoms with Gasteiger partial charge in [-0.1, -0.05) is 121 Å². The van der Waals surface area contributed by atoms with E-state index in [2.05, 4.69) is 97.1 Å². The van der Waals surface area contributed by atoms with Crippen molar-refractivity contribution in [1.82, 2.24) is 0 Å². The van der Waals surface area contributed by atoms with Gasteiger partial charge in [-0.25, -0.2) is 0 Å². The van der Waals surface area contributed by atoms with Gasteiger partial charge in [0, 0.05) is 11.1 Å². The van der Waals surface area contributed by atoms with Gasteiger partial charge in [0.25, 0.3) is 0 Å². The average molecular weight is 421 g/mol. The molecule has 0 atom stereocenters. The molecule has 1 heteroatoms. The Morgan fingerprint density at radius 3 is 1.48 bits per heavy atom. The molecule has 33 heavy (non-hydrogen) atoms. The highest BCUT2D eigenvalue weighted by Crippen LogP contribution is 2.61. The van der Waals surface area contributed by atoms with Crippen LogP contribution in [-0.4, -0.2) is 5.78 Å². The van der Waals surface area contributed by atoms with Crippen molar-refractivity contribution in [1.29, 1.82) is 0 Å². The van der Waals surface area contributed by atoms with E-state index < -0.39 is 5.41 Å². The smallest absolute Gasteiger partial charge is 0.193 e. The summed E-state index contributed by atoms with van der Waals surface area (Å²) < 4.78 is 0. The van der Waals surface area contributed by atoms with E-state index in [1.807, 2.05) is 24.3 Å². The summed E-state index contributed by atoms with van der Waals surface area (Å²) in [5.41, 5.74) is 10.6. The van der Waals surface area contributed by atoms with E-state index in [1.165, 1.54) is 33.4 Å². The van der Waals surface area contributed by atoms with Crippen LogP contribution in [0.3, 0.4) is 0 Å². The third-order valence-electron chi connectivity index (χ3n) is 7.30. The Hall–Kier alpha value is -4.23. The molecule has 0 aromatic heterocycles. The van der Waals surface area contributed by atoms with Crippen LogP contribution < -0.4 is 0 Å². The lowest BCUT2D eigenvalue weighted by Gasteiger charge is -2.40. The van der Waals surface area contributed by atoms with Gasteiger partial charge in [0.1, 0.15) is 0 Å². The molecule has 0 fully saturated rings. The third-order valence-corrected chi connectivity index (χ3v) is 7.30. The van der Waals surface area contributed by atoms with Crippen LogP contribution in [-0.2, 0) is 5.41 Å². The molecule has 7 rings (SSSR count). The Labute approximate surface area is 193 Å². The van der Waals surface area contributed by atoms with Crippen LogP contribution in [0.1, 0.15) is 38.2 Å². The van der Waals surface area contributed by atoms with Gasteiger partial charge < -0.3 is 0 Å². The lowest BCUT2D eigenvalue weighted by atomic mass is 9.60. The van der Waals surface area contributed by atoms with Gasteiger partial charge in [0.15, 0.2) is 5.78 Å². The van der Waals surface area contributed by atoms with Crippen molar-refractivity contribution < 1.29 is 4.79 Å². The predicted octanol–water partition coefficient (Wildman–Crippen LogP) is 7.26. The lowest BCUT2D eigenvalue weighted by Crippen LogP contribution is -2.36. The van der Waals surface area contributed by atoms with Crippen LogP contribution in [0, 0.1) is 0 Å². The fourth-order valence-corrected chi connectivity index (χ4v) is 6.08. The van der Waals surface area contributed by atoms with Crippen molar-refractivity contribution in [3.63, 3.8) is 0 Å². The van der Waals surface area contributed by atoms with Crippen LogP contribution in [0.4, 0.5) is 0 Å². The van der Waals surface area contributed by atoms with E-state index in [1.54, 1.807) is 0 Å². The monoisotopic (exact) mass is 420 g/mol. The first-order chi connectivity index (χ1) is 16.3. The summed E-state index contributed by atoms with van der Waals surface area (Å²) in [5.74, 6) is 0.106. The van der Waals surface area contributed by atoms with Gasteiger partial charge in [-0.05, 0) is 44.5 Å². The van der Waals surface area contributed by atoms with Gasteiger partial charge in [0.2, 0.25) is 0 Å². The van der Waals surface area contributed by atoms with Crippen LogP contribution in [0.15, 0.2) is 121 Å². The molecule has 0 saturated heterocycles. The van der Waals surface area contributed by atoms with Crippen LogP contribution >= 0.6 is 0 Å². The maximum atomic E-state index is 13.6. The van der Waals surface area contributed by atoms with Crippen molar-refractivity contribution in [2.75, 3.05) is 0 Å². The normalized spacial score (nSPS) is 14.4. The number of hydrogen-bond acceptors (Lipinski definition) is 1. The fourth-order valence-electron chi connectivity index (χ4n) is 6.08. The van der Waals surface area contributed by atoms with Crippen molar-refractivity contribution in [2.45, 2.75) is 5.41 Å². The van der Waals surface area contributed by atoms with Crippen LogP contribution in [0.5, 0.6) is 0 Å². The standard InChI is InChI=1S/C32H20O/c33-31-25-14-5-8-19-28(25)32(29-20-9-6-15-26(29)31)27-18-7-4-13-23(27)24-17-10-16-22(30(24)32)21-11-2-1-3-12-21/h1-20H. The molecule has 0 heterocycles. The van der Waals surface area contributed by atoms with Crippen molar-refractivity contribution in [2.24, 2.45) is 0 Å². The summed E-state index contributed by atoms with van der Waals surface area (Å²) in [7, 11) is 0. The van der Waals surface area contributed by atoms with Gasteiger partial charge in [0.05, 0.1) is 5.41 Å². The first-order valence-corrected chi connectivity index (χ1v) is 11.3. The minimum atomic E-state index is -0.542. The quantitative estimate of drug-likeness (QED) is 0.273. The molecule has 5 aromatic carbocycles. The van der Waals surface area contributed by atoms with E-state index in [-0.39, 0.29) is 5.78 Å². The first kappa shape index (κ1) is 18.4. The Bertz CT molecular complexity index is 1530. The number of benzene rings is 5. The first-order valence-electron chi connectivity index (χ1n) is 11.3. The largest absolute Gasteiger partial charge is 0.289 e.